The van der Waals surface area contributed by atoms with Crippen molar-refractivity contribution in [2.75, 3.05) is 5.32 Å². The van der Waals surface area contributed by atoms with Crippen LogP contribution >= 0.6 is 0 Å². The summed E-state index contributed by atoms with van der Waals surface area (Å²) in [5.74, 6) is -2.40. The first-order valence-corrected chi connectivity index (χ1v) is 9.73. The number of fused-ring (bicyclic) bond motifs is 1. The molecule has 0 fully saturated rings. The molecule has 0 saturated carbocycles. The maximum absolute atomic E-state index is 14.1. The average Bonchev–Trinajstić information content (AvgIpc) is 3.24. The van der Waals surface area contributed by atoms with Gasteiger partial charge in [-0.1, -0.05) is 0 Å². The molecule has 0 unspecified atom stereocenters. The van der Waals surface area contributed by atoms with Crippen molar-refractivity contribution in [1.82, 2.24) is 19.7 Å². The monoisotopic (exact) mass is 510 g/mol. The van der Waals surface area contributed by atoms with Crippen LogP contribution in [0.5, 0.6) is 0 Å². The molecule has 9 nitrogen and oxygen atoms in total. The number of carbonyl (C=O) groups excluding carboxylic acids is 2. The zero-order chi connectivity index (χ0) is 26.4. The summed E-state index contributed by atoms with van der Waals surface area (Å²) < 4.78 is 81.3. The first-order valence-electron chi connectivity index (χ1n) is 9.73. The summed E-state index contributed by atoms with van der Waals surface area (Å²) in [5.41, 5.74) is -0.498. The quantitative estimate of drug-likeness (QED) is 0.361. The van der Waals surface area contributed by atoms with E-state index in [1.165, 1.54) is 6.07 Å². The lowest BCUT2D eigenvalue weighted by molar-refractivity contribution is -0.143. The van der Waals surface area contributed by atoms with Gasteiger partial charge in [-0.2, -0.15) is 31.4 Å². The number of nitrogens with one attached hydrogen (secondary N) is 2. The minimum Gasteiger partial charge on any atom is -0.366 e. The largest absolute Gasteiger partial charge is 0.434 e. The highest BCUT2D eigenvalue weighted by Crippen LogP contribution is 2.36. The summed E-state index contributed by atoms with van der Waals surface area (Å²) in [6.07, 6.45) is -7.58. The number of amides is 2. The van der Waals surface area contributed by atoms with Crippen LogP contribution in [0.3, 0.4) is 0 Å². The van der Waals surface area contributed by atoms with Crippen LogP contribution in [0.25, 0.3) is 16.5 Å². The van der Waals surface area contributed by atoms with Gasteiger partial charge in [-0.25, -0.2) is 4.68 Å². The maximum atomic E-state index is 14.1. The van der Waals surface area contributed by atoms with Crippen LogP contribution in [0.15, 0.2) is 53.7 Å². The van der Waals surface area contributed by atoms with Gasteiger partial charge < -0.3 is 16.0 Å². The van der Waals surface area contributed by atoms with E-state index in [1.807, 2.05) is 5.32 Å². The summed E-state index contributed by atoms with van der Waals surface area (Å²) in [4.78, 5) is 42.1. The molecule has 3 heterocycles. The first kappa shape index (κ1) is 24.4. The van der Waals surface area contributed by atoms with Gasteiger partial charge in [-0.05, 0) is 30.3 Å². The lowest BCUT2D eigenvalue weighted by atomic mass is 10.0. The highest BCUT2D eigenvalue weighted by Gasteiger charge is 2.41. The second-order valence-corrected chi connectivity index (χ2v) is 7.29. The van der Waals surface area contributed by atoms with Crippen LogP contribution in [0.2, 0.25) is 0 Å². The molecule has 0 radical (unpaired) electrons. The molecule has 3 aromatic heterocycles. The Hall–Kier alpha value is -4.69. The van der Waals surface area contributed by atoms with E-state index in [4.69, 9.17) is 5.73 Å². The fourth-order valence-electron chi connectivity index (χ4n) is 3.52. The van der Waals surface area contributed by atoms with Gasteiger partial charge in [-0.15, -0.1) is 0 Å². The summed E-state index contributed by atoms with van der Waals surface area (Å²) in [6, 6.07) is 4.73. The molecule has 2 amide bonds. The molecular weight excluding hydrogens is 498 g/mol. The van der Waals surface area contributed by atoms with Crippen molar-refractivity contribution in [3.05, 3.63) is 81.8 Å². The predicted molar refractivity (Wildman–Crippen MR) is 112 cm³/mol. The number of nitrogens with zero attached hydrogens (tertiary/aromatic N) is 3. The van der Waals surface area contributed by atoms with Gasteiger partial charge in [0.2, 0.25) is 5.91 Å². The number of hydrogen-bond acceptors (Lipinski definition) is 5. The molecule has 1 aromatic carbocycles. The van der Waals surface area contributed by atoms with Crippen molar-refractivity contribution in [2.45, 2.75) is 12.4 Å². The van der Waals surface area contributed by atoms with Crippen molar-refractivity contribution in [2.24, 2.45) is 5.73 Å². The molecule has 186 valence electrons. The number of H-pyrrole nitrogens is 1. The highest BCUT2D eigenvalue weighted by atomic mass is 19.4. The number of primary amides is 1. The van der Waals surface area contributed by atoms with Crippen molar-refractivity contribution < 1.29 is 35.9 Å². The molecular formula is C21H12F6N6O3. The second-order valence-electron chi connectivity index (χ2n) is 7.29. The topological polar surface area (TPSA) is 136 Å². The Bertz CT molecular complexity index is 1570. The molecule has 0 aliphatic heterocycles. The van der Waals surface area contributed by atoms with Gasteiger partial charge in [0.25, 0.3) is 11.5 Å². The molecule has 0 bridgehead atoms. The zero-order valence-electron chi connectivity index (χ0n) is 17.5. The molecule has 15 heteroatoms. The number of aromatic nitrogens is 4. The predicted octanol–water partition coefficient (Wildman–Crippen LogP) is 3.50. The van der Waals surface area contributed by atoms with Crippen molar-refractivity contribution in [1.29, 1.82) is 0 Å². The Kier molecular flexibility index (Phi) is 5.78. The Labute approximate surface area is 195 Å². The average molecular weight is 510 g/mol. The number of benzene rings is 1. The van der Waals surface area contributed by atoms with Crippen LogP contribution in [-0.4, -0.2) is 31.6 Å². The van der Waals surface area contributed by atoms with Gasteiger partial charge in [0.05, 0.1) is 28.4 Å². The van der Waals surface area contributed by atoms with Crippen LogP contribution in [0.1, 0.15) is 32.1 Å². The van der Waals surface area contributed by atoms with E-state index in [0.29, 0.717) is 16.9 Å². The summed E-state index contributed by atoms with van der Waals surface area (Å²) in [7, 11) is 0. The van der Waals surface area contributed by atoms with Crippen LogP contribution in [0.4, 0.5) is 32.0 Å². The normalized spacial score (nSPS) is 12.1. The Morgan fingerprint density at radius 3 is 2.36 bits per heavy atom. The SMILES string of the molecule is NC(=O)c1ccc(-n2ncc(C(=O)Nc3ccnc(C(F)(F)F)c3)c2C(F)(F)F)c2cc[nH]c(=O)c12. The van der Waals surface area contributed by atoms with Crippen LogP contribution in [0, 0.1) is 0 Å². The van der Waals surface area contributed by atoms with Crippen LogP contribution in [-0.2, 0) is 12.4 Å². The smallest absolute Gasteiger partial charge is 0.366 e. The lowest BCUT2D eigenvalue weighted by Gasteiger charge is -2.15. The number of aromatic amines is 1. The molecule has 4 aromatic rings. The van der Waals surface area contributed by atoms with E-state index in [-0.39, 0.29) is 22.0 Å². The highest BCUT2D eigenvalue weighted by molar-refractivity contribution is 6.08. The molecule has 0 saturated heterocycles. The second kappa shape index (κ2) is 8.51. The van der Waals surface area contributed by atoms with Crippen molar-refractivity contribution in [3.63, 3.8) is 0 Å². The van der Waals surface area contributed by atoms with Gasteiger partial charge in [0.1, 0.15) is 5.69 Å². The number of alkyl halides is 6. The Balaban J connectivity index is 1.86. The Morgan fingerprint density at radius 2 is 1.72 bits per heavy atom. The van der Waals surface area contributed by atoms with Gasteiger partial charge >= 0.3 is 12.4 Å². The molecule has 4 rings (SSSR count). The minimum atomic E-state index is -5.17. The molecule has 36 heavy (non-hydrogen) atoms. The minimum absolute atomic E-state index is 0.125. The molecule has 0 spiro atoms. The Morgan fingerprint density at radius 1 is 1.00 bits per heavy atom. The van der Waals surface area contributed by atoms with E-state index in [0.717, 1.165) is 30.6 Å². The third-order valence-electron chi connectivity index (χ3n) is 5.00. The standard InChI is InChI=1S/C21H12F6N6O3/c22-20(23,24)14-7-9(3-5-29-14)32-18(35)12-8-31-33(16(12)21(25,26)27)13-2-1-11(17(28)34)15-10(13)4-6-30-19(15)36/h1-8H,(H2,28,34)(H,30,36)(H,29,32,35). The zero-order valence-corrected chi connectivity index (χ0v) is 17.5. The summed E-state index contributed by atoms with van der Waals surface area (Å²) >= 11 is 0. The molecule has 0 aliphatic rings. The van der Waals surface area contributed by atoms with E-state index < -0.39 is 52.4 Å². The molecule has 4 N–H and O–H groups in total. The number of hydrogen-bond donors (Lipinski definition) is 3. The fraction of sp³-hybridized carbons (Fsp3) is 0.0952. The number of rotatable bonds is 4. The van der Waals surface area contributed by atoms with E-state index in [1.54, 1.807) is 0 Å². The van der Waals surface area contributed by atoms with E-state index in [9.17, 15) is 40.7 Å². The van der Waals surface area contributed by atoms with E-state index in [2.05, 4.69) is 15.1 Å². The fourth-order valence-corrected chi connectivity index (χ4v) is 3.52. The van der Waals surface area contributed by atoms with Crippen molar-refractivity contribution >= 4 is 28.3 Å². The van der Waals surface area contributed by atoms with Gasteiger partial charge in [-0.3, -0.25) is 19.4 Å². The summed E-state index contributed by atoms with van der Waals surface area (Å²) in [6.45, 7) is 0. The number of halogens is 6. The first-order chi connectivity index (χ1) is 16.8. The van der Waals surface area contributed by atoms with Crippen molar-refractivity contribution in [3.8, 4) is 5.69 Å². The lowest BCUT2D eigenvalue weighted by Crippen LogP contribution is -2.22. The molecule has 0 atom stereocenters. The number of carbonyl (C=O) groups is 2. The summed E-state index contributed by atoms with van der Waals surface area (Å²) in [5, 5.41) is 5.19. The number of anilines is 1. The molecule has 0 aliphatic carbocycles. The number of pyridine rings is 2. The van der Waals surface area contributed by atoms with E-state index >= 15 is 0 Å². The third-order valence-corrected chi connectivity index (χ3v) is 5.00. The third kappa shape index (κ3) is 4.37. The maximum Gasteiger partial charge on any atom is 0.434 e. The van der Waals surface area contributed by atoms with Gasteiger partial charge in [0.15, 0.2) is 5.69 Å². The number of nitrogens with two attached hydrogens (primary N) is 1. The van der Waals surface area contributed by atoms with Crippen LogP contribution < -0.4 is 16.6 Å². The van der Waals surface area contributed by atoms with Gasteiger partial charge in [0, 0.05) is 23.5 Å².